The summed E-state index contributed by atoms with van der Waals surface area (Å²) in [6.07, 6.45) is 0. The predicted molar refractivity (Wildman–Crippen MR) is 123 cm³/mol. The van der Waals surface area contributed by atoms with E-state index in [1.54, 1.807) is 14.1 Å². The lowest BCUT2D eigenvalue weighted by Gasteiger charge is -2.26. The average Bonchev–Trinajstić information content (AvgIpc) is 2.68. The van der Waals surface area contributed by atoms with Crippen molar-refractivity contribution in [3.05, 3.63) is 71.3 Å². The van der Waals surface area contributed by atoms with Crippen molar-refractivity contribution < 1.29 is 4.79 Å². The van der Waals surface area contributed by atoms with E-state index in [1.165, 1.54) is 5.56 Å². The highest BCUT2D eigenvalue weighted by Crippen LogP contribution is 2.21. The van der Waals surface area contributed by atoms with Gasteiger partial charge in [-0.05, 0) is 23.3 Å². The van der Waals surface area contributed by atoms with Gasteiger partial charge < -0.3 is 16.0 Å². The summed E-state index contributed by atoms with van der Waals surface area (Å²) < 4.78 is 0. The van der Waals surface area contributed by atoms with E-state index in [0.717, 1.165) is 18.1 Å². The molecule has 0 saturated heterocycles. The lowest BCUT2D eigenvalue weighted by atomic mass is 9.85. The molecule has 0 spiro atoms. The first kappa shape index (κ1) is 23.0. The van der Waals surface area contributed by atoms with Crippen LogP contribution < -0.4 is 16.0 Å². The fourth-order valence-electron chi connectivity index (χ4n) is 2.62. The zero-order chi connectivity index (χ0) is 19.0. The van der Waals surface area contributed by atoms with Crippen LogP contribution in [0.4, 0.5) is 0 Å². The van der Waals surface area contributed by atoms with Gasteiger partial charge in [0, 0.05) is 38.2 Å². The Hall–Kier alpha value is -2.09. The molecule has 2 aromatic rings. The van der Waals surface area contributed by atoms with Crippen LogP contribution in [0.15, 0.2) is 59.6 Å². The van der Waals surface area contributed by atoms with Crippen molar-refractivity contribution in [2.75, 3.05) is 20.6 Å². The van der Waals surface area contributed by atoms with Crippen LogP contribution in [0.2, 0.25) is 0 Å². The molecule has 2 aromatic carbocycles. The van der Waals surface area contributed by atoms with Gasteiger partial charge in [-0.15, -0.1) is 24.0 Å². The number of hydrogen-bond acceptors (Lipinski definition) is 2. The largest absolute Gasteiger partial charge is 0.356 e. The first-order valence-electron chi connectivity index (χ1n) is 8.77. The van der Waals surface area contributed by atoms with Gasteiger partial charge in [0.2, 0.25) is 0 Å². The van der Waals surface area contributed by atoms with E-state index in [-0.39, 0.29) is 35.3 Å². The quantitative estimate of drug-likeness (QED) is 0.338. The van der Waals surface area contributed by atoms with Gasteiger partial charge in [-0.3, -0.25) is 9.79 Å². The normalized spacial score (nSPS) is 11.3. The Bertz CT molecular complexity index is 743. The molecule has 0 radical (unpaired) electrons. The van der Waals surface area contributed by atoms with Gasteiger partial charge in [-0.25, -0.2) is 0 Å². The summed E-state index contributed by atoms with van der Waals surface area (Å²) in [5.74, 6) is 0.675. The summed E-state index contributed by atoms with van der Waals surface area (Å²) >= 11 is 0. The van der Waals surface area contributed by atoms with Crippen molar-refractivity contribution in [2.45, 2.75) is 25.8 Å². The molecule has 6 heteroatoms. The van der Waals surface area contributed by atoms with Gasteiger partial charge in [0.25, 0.3) is 5.91 Å². The summed E-state index contributed by atoms with van der Waals surface area (Å²) in [6.45, 7) is 5.83. The highest BCUT2D eigenvalue weighted by atomic mass is 127. The molecule has 0 heterocycles. The van der Waals surface area contributed by atoms with E-state index < -0.39 is 0 Å². The third kappa shape index (κ3) is 6.86. The molecule has 146 valence electrons. The van der Waals surface area contributed by atoms with Crippen LogP contribution in [0.25, 0.3) is 0 Å². The molecular formula is C21H29IN4O. The van der Waals surface area contributed by atoms with Crippen molar-refractivity contribution in [1.29, 1.82) is 0 Å². The maximum Gasteiger partial charge on any atom is 0.251 e. The number of carbonyl (C=O) groups excluding carboxylic acids is 1. The van der Waals surface area contributed by atoms with Crippen LogP contribution >= 0.6 is 24.0 Å². The summed E-state index contributed by atoms with van der Waals surface area (Å²) in [7, 11) is 3.39. The number of carbonyl (C=O) groups is 1. The molecular weight excluding hydrogens is 451 g/mol. The second kappa shape index (κ2) is 10.9. The number of aliphatic imine (C=N–C) groups is 1. The maximum atomic E-state index is 11.6. The SMILES string of the molecule is CN=C(NCc1ccc(C(=O)NC)cc1)NCC(C)(C)c1ccccc1.I. The Morgan fingerprint density at radius 2 is 1.63 bits per heavy atom. The van der Waals surface area contributed by atoms with Crippen LogP contribution in [0, 0.1) is 0 Å². The Kier molecular flexibility index (Phi) is 9.28. The second-order valence-corrected chi connectivity index (χ2v) is 6.81. The molecule has 0 aromatic heterocycles. The third-order valence-electron chi connectivity index (χ3n) is 4.38. The minimum Gasteiger partial charge on any atom is -0.356 e. The summed E-state index contributed by atoms with van der Waals surface area (Å²) in [4.78, 5) is 15.9. The highest BCUT2D eigenvalue weighted by molar-refractivity contribution is 14.0. The molecule has 5 nitrogen and oxygen atoms in total. The lowest BCUT2D eigenvalue weighted by molar-refractivity contribution is 0.0963. The molecule has 0 atom stereocenters. The lowest BCUT2D eigenvalue weighted by Crippen LogP contribution is -2.43. The summed E-state index contributed by atoms with van der Waals surface area (Å²) in [6, 6.07) is 18.0. The molecule has 0 fully saturated rings. The molecule has 0 aliphatic heterocycles. The van der Waals surface area contributed by atoms with Crippen molar-refractivity contribution in [2.24, 2.45) is 4.99 Å². The number of benzene rings is 2. The maximum absolute atomic E-state index is 11.6. The van der Waals surface area contributed by atoms with Crippen LogP contribution in [-0.4, -0.2) is 32.5 Å². The summed E-state index contributed by atoms with van der Waals surface area (Å²) in [5, 5.41) is 9.32. The number of nitrogens with zero attached hydrogens (tertiary/aromatic N) is 1. The van der Waals surface area contributed by atoms with Crippen molar-refractivity contribution in [3.63, 3.8) is 0 Å². The molecule has 0 bridgehead atoms. The van der Waals surface area contributed by atoms with Gasteiger partial charge in [0.05, 0.1) is 0 Å². The minimum absolute atomic E-state index is 0. The average molecular weight is 480 g/mol. The van der Waals surface area contributed by atoms with E-state index in [4.69, 9.17) is 0 Å². The number of hydrogen-bond donors (Lipinski definition) is 3. The van der Waals surface area contributed by atoms with Crippen molar-refractivity contribution in [1.82, 2.24) is 16.0 Å². The molecule has 2 rings (SSSR count). The first-order valence-corrected chi connectivity index (χ1v) is 8.77. The molecule has 1 amide bonds. The zero-order valence-corrected chi connectivity index (χ0v) is 18.7. The van der Waals surface area contributed by atoms with E-state index >= 15 is 0 Å². The molecule has 0 aliphatic rings. The number of nitrogens with one attached hydrogen (secondary N) is 3. The van der Waals surface area contributed by atoms with Crippen LogP contribution in [0.3, 0.4) is 0 Å². The Balaban J connectivity index is 0.00000364. The van der Waals surface area contributed by atoms with Gasteiger partial charge in [0.1, 0.15) is 0 Å². The Morgan fingerprint density at radius 3 is 2.19 bits per heavy atom. The first-order chi connectivity index (χ1) is 12.5. The number of rotatable bonds is 6. The Labute approximate surface area is 179 Å². The summed E-state index contributed by atoms with van der Waals surface area (Å²) in [5.41, 5.74) is 3.02. The topological polar surface area (TPSA) is 65.5 Å². The standard InChI is InChI=1S/C21H28N4O.HI/c1-21(2,18-8-6-5-7-9-18)15-25-20(23-4)24-14-16-10-12-17(13-11-16)19(26)22-3;/h5-13H,14-15H2,1-4H3,(H,22,26)(H2,23,24,25);1H. The fourth-order valence-corrected chi connectivity index (χ4v) is 2.62. The van der Waals surface area contributed by atoms with Crippen molar-refractivity contribution in [3.8, 4) is 0 Å². The van der Waals surface area contributed by atoms with E-state index in [0.29, 0.717) is 12.1 Å². The third-order valence-corrected chi connectivity index (χ3v) is 4.38. The zero-order valence-electron chi connectivity index (χ0n) is 16.4. The number of guanidine groups is 1. The van der Waals surface area contributed by atoms with E-state index in [2.05, 4.69) is 59.1 Å². The molecule has 0 saturated carbocycles. The second-order valence-electron chi connectivity index (χ2n) is 6.81. The van der Waals surface area contributed by atoms with Crippen LogP contribution in [0.5, 0.6) is 0 Å². The van der Waals surface area contributed by atoms with Gasteiger partial charge in [-0.1, -0.05) is 56.3 Å². The Morgan fingerprint density at radius 1 is 1.00 bits per heavy atom. The monoisotopic (exact) mass is 480 g/mol. The van der Waals surface area contributed by atoms with Crippen LogP contribution in [-0.2, 0) is 12.0 Å². The van der Waals surface area contributed by atoms with Gasteiger partial charge >= 0.3 is 0 Å². The highest BCUT2D eigenvalue weighted by Gasteiger charge is 2.20. The molecule has 27 heavy (non-hydrogen) atoms. The molecule has 3 N–H and O–H groups in total. The van der Waals surface area contributed by atoms with Crippen molar-refractivity contribution >= 4 is 35.8 Å². The molecule has 0 aliphatic carbocycles. The number of halogens is 1. The molecule has 0 unspecified atom stereocenters. The minimum atomic E-state index is -0.0786. The number of amides is 1. The smallest absolute Gasteiger partial charge is 0.251 e. The van der Waals surface area contributed by atoms with Gasteiger partial charge in [-0.2, -0.15) is 0 Å². The van der Waals surface area contributed by atoms with E-state index in [1.807, 2.05) is 30.3 Å². The van der Waals surface area contributed by atoms with Gasteiger partial charge in [0.15, 0.2) is 5.96 Å². The van der Waals surface area contributed by atoms with Crippen LogP contribution in [0.1, 0.15) is 35.3 Å². The predicted octanol–water partition coefficient (Wildman–Crippen LogP) is 3.31. The van der Waals surface area contributed by atoms with E-state index in [9.17, 15) is 4.79 Å². The fraction of sp³-hybridized carbons (Fsp3) is 0.333.